The zero-order valence-electron chi connectivity index (χ0n) is 8.34. The monoisotopic (exact) mass is 273 g/mol. The van der Waals surface area contributed by atoms with E-state index in [4.69, 9.17) is 0 Å². The van der Waals surface area contributed by atoms with E-state index in [-0.39, 0.29) is 4.60 Å². The number of nitrogens with zero attached hydrogens (tertiary/aromatic N) is 1. The van der Waals surface area contributed by atoms with Gasteiger partial charge in [-0.1, -0.05) is 19.3 Å². The Bertz CT molecular complexity index is 364. The number of hydrogen-bond donors (Lipinski definition) is 1. The summed E-state index contributed by atoms with van der Waals surface area (Å²) < 4.78 is 13.9. The van der Waals surface area contributed by atoms with Crippen LogP contribution in [0.3, 0.4) is 0 Å². The zero-order chi connectivity index (χ0) is 10.9. The van der Waals surface area contributed by atoms with E-state index in [0.29, 0.717) is 18.4 Å². The summed E-state index contributed by atoms with van der Waals surface area (Å²) >= 11 is 3.04. The van der Waals surface area contributed by atoms with E-state index in [1.807, 2.05) is 0 Å². The second kappa shape index (κ2) is 4.18. The van der Waals surface area contributed by atoms with Crippen molar-refractivity contribution in [2.24, 2.45) is 0 Å². The van der Waals surface area contributed by atoms with Gasteiger partial charge in [-0.2, -0.15) is 0 Å². The number of aromatic nitrogens is 1. The molecule has 0 spiro atoms. The first kappa shape index (κ1) is 11.0. The van der Waals surface area contributed by atoms with Crippen molar-refractivity contribution in [1.29, 1.82) is 0 Å². The summed E-state index contributed by atoms with van der Waals surface area (Å²) in [4.78, 5) is 3.80. The molecule has 2 nitrogen and oxygen atoms in total. The van der Waals surface area contributed by atoms with Gasteiger partial charge in [0.1, 0.15) is 4.60 Å². The molecule has 0 aromatic carbocycles. The van der Waals surface area contributed by atoms with Crippen LogP contribution in [0.25, 0.3) is 0 Å². The topological polar surface area (TPSA) is 33.1 Å². The first-order chi connectivity index (χ1) is 7.13. The first-order valence-electron chi connectivity index (χ1n) is 5.16. The van der Waals surface area contributed by atoms with E-state index in [0.717, 1.165) is 19.3 Å². The number of halogens is 2. The molecule has 1 aliphatic rings. The van der Waals surface area contributed by atoms with Gasteiger partial charge in [0, 0.05) is 11.8 Å². The van der Waals surface area contributed by atoms with Gasteiger partial charge in [0.15, 0.2) is 5.82 Å². The lowest BCUT2D eigenvalue weighted by Crippen LogP contribution is -2.29. The molecule has 0 unspecified atom stereocenters. The summed E-state index contributed by atoms with van der Waals surface area (Å²) in [7, 11) is 0. The van der Waals surface area contributed by atoms with Crippen molar-refractivity contribution in [2.45, 2.75) is 37.7 Å². The van der Waals surface area contributed by atoms with Crippen LogP contribution in [0.5, 0.6) is 0 Å². The largest absolute Gasteiger partial charge is 0.385 e. The number of pyridine rings is 1. The molecule has 1 aromatic heterocycles. The molecule has 15 heavy (non-hydrogen) atoms. The molecule has 0 saturated heterocycles. The third-order valence-corrected chi connectivity index (χ3v) is 3.58. The molecule has 1 fully saturated rings. The van der Waals surface area contributed by atoms with E-state index in [2.05, 4.69) is 20.9 Å². The standard InChI is InChI=1S/C11H13BrFNO/c12-10-9(13)8(4-7-14-10)11(15)5-2-1-3-6-11/h4,7,15H,1-3,5-6H2. The Hall–Kier alpha value is -0.480. The van der Waals surface area contributed by atoms with E-state index in [9.17, 15) is 9.50 Å². The van der Waals surface area contributed by atoms with Crippen LogP contribution < -0.4 is 0 Å². The van der Waals surface area contributed by atoms with Crippen LogP contribution in [0.15, 0.2) is 16.9 Å². The SMILES string of the molecule is OC1(c2ccnc(Br)c2F)CCCCC1. The normalized spacial score (nSPS) is 20.2. The van der Waals surface area contributed by atoms with Crippen molar-refractivity contribution in [3.63, 3.8) is 0 Å². The second-order valence-electron chi connectivity index (χ2n) is 4.06. The summed E-state index contributed by atoms with van der Waals surface area (Å²) in [6, 6.07) is 1.57. The number of aliphatic hydroxyl groups is 1. The maximum absolute atomic E-state index is 13.8. The molecule has 2 rings (SSSR count). The molecule has 1 saturated carbocycles. The summed E-state index contributed by atoms with van der Waals surface area (Å²) in [5.74, 6) is -0.429. The zero-order valence-corrected chi connectivity index (χ0v) is 9.93. The molecule has 0 amide bonds. The third-order valence-electron chi connectivity index (χ3n) is 3.03. The van der Waals surface area contributed by atoms with Crippen molar-refractivity contribution in [1.82, 2.24) is 4.98 Å². The lowest BCUT2D eigenvalue weighted by Gasteiger charge is -2.32. The molecule has 82 valence electrons. The Morgan fingerprint density at radius 2 is 2.00 bits per heavy atom. The Morgan fingerprint density at radius 1 is 1.33 bits per heavy atom. The van der Waals surface area contributed by atoms with E-state index >= 15 is 0 Å². The quantitative estimate of drug-likeness (QED) is 0.798. The molecule has 0 atom stereocenters. The Kier molecular flexibility index (Phi) is 3.07. The minimum atomic E-state index is -0.992. The summed E-state index contributed by atoms with van der Waals surface area (Å²) in [6.07, 6.45) is 5.83. The third kappa shape index (κ3) is 2.06. The molecule has 1 heterocycles. The molecule has 1 aromatic rings. The fourth-order valence-electron chi connectivity index (χ4n) is 2.18. The highest BCUT2D eigenvalue weighted by Crippen LogP contribution is 2.38. The van der Waals surface area contributed by atoms with Crippen LogP contribution in [0.1, 0.15) is 37.7 Å². The van der Waals surface area contributed by atoms with E-state index in [1.54, 1.807) is 6.07 Å². The molecule has 4 heteroatoms. The predicted molar refractivity (Wildman–Crippen MR) is 58.9 cm³/mol. The minimum Gasteiger partial charge on any atom is -0.385 e. The van der Waals surface area contributed by atoms with E-state index in [1.165, 1.54) is 6.20 Å². The minimum absolute atomic E-state index is 0.180. The van der Waals surface area contributed by atoms with Gasteiger partial charge in [-0.3, -0.25) is 0 Å². The van der Waals surface area contributed by atoms with Gasteiger partial charge in [-0.25, -0.2) is 9.37 Å². The predicted octanol–water partition coefficient (Wildman–Crippen LogP) is 3.13. The highest BCUT2D eigenvalue weighted by atomic mass is 79.9. The maximum atomic E-state index is 13.8. The van der Waals surface area contributed by atoms with Crippen LogP contribution in [0.4, 0.5) is 4.39 Å². The van der Waals surface area contributed by atoms with Gasteiger partial charge >= 0.3 is 0 Å². The molecule has 0 bridgehead atoms. The number of hydrogen-bond acceptors (Lipinski definition) is 2. The summed E-state index contributed by atoms with van der Waals surface area (Å²) in [5, 5.41) is 10.4. The summed E-state index contributed by atoms with van der Waals surface area (Å²) in [6.45, 7) is 0. The van der Waals surface area contributed by atoms with Gasteiger partial charge in [0.2, 0.25) is 0 Å². The molecule has 1 N–H and O–H groups in total. The lowest BCUT2D eigenvalue weighted by atomic mass is 9.80. The second-order valence-corrected chi connectivity index (χ2v) is 4.81. The van der Waals surface area contributed by atoms with Crippen LogP contribution >= 0.6 is 15.9 Å². The Morgan fingerprint density at radius 3 is 2.67 bits per heavy atom. The van der Waals surface area contributed by atoms with Crippen molar-refractivity contribution >= 4 is 15.9 Å². The number of rotatable bonds is 1. The van der Waals surface area contributed by atoms with E-state index < -0.39 is 11.4 Å². The van der Waals surface area contributed by atoms with Crippen LogP contribution in [0.2, 0.25) is 0 Å². The first-order valence-corrected chi connectivity index (χ1v) is 5.96. The smallest absolute Gasteiger partial charge is 0.162 e. The summed E-state index contributed by atoms with van der Waals surface area (Å²) in [5.41, 5.74) is -0.613. The Balaban J connectivity index is 2.39. The molecular weight excluding hydrogens is 261 g/mol. The molecule has 0 aliphatic heterocycles. The lowest BCUT2D eigenvalue weighted by molar-refractivity contribution is -0.00397. The Labute approximate surface area is 96.7 Å². The highest BCUT2D eigenvalue weighted by Gasteiger charge is 2.34. The van der Waals surface area contributed by atoms with Gasteiger partial charge in [0.05, 0.1) is 5.60 Å². The van der Waals surface area contributed by atoms with Crippen LogP contribution in [-0.2, 0) is 5.60 Å². The van der Waals surface area contributed by atoms with Gasteiger partial charge in [-0.05, 0) is 34.8 Å². The van der Waals surface area contributed by atoms with Crippen molar-refractivity contribution in [3.8, 4) is 0 Å². The molecule has 1 aliphatic carbocycles. The van der Waals surface area contributed by atoms with Crippen molar-refractivity contribution < 1.29 is 9.50 Å². The van der Waals surface area contributed by atoms with Gasteiger partial charge < -0.3 is 5.11 Å². The van der Waals surface area contributed by atoms with Crippen molar-refractivity contribution in [2.75, 3.05) is 0 Å². The van der Waals surface area contributed by atoms with Crippen molar-refractivity contribution in [3.05, 3.63) is 28.2 Å². The average Bonchev–Trinajstić information content (AvgIpc) is 2.23. The van der Waals surface area contributed by atoms with Crippen LogP contribution in [0, 0.1) is 5.82 Å². The highest BCUT2D eigenvalue weighted by molar-refractivity contribution is 9.10. The fraction of sp³-hybridized carbons (Fsp3) is 0.545. The van der Waals surface area contributed by atoms with Gasteiger partial charge in [-0.15, -0.1) is 0 Å². The average molecular weight is 274 g/mol. The molecular formula is C11H13BrFNO. The van der Waals surface area contributed by atoms with Crippen LogP contribution in [-0.4, -0.2) is 10.1 Å². The maximum Gasteiger partial charge on any atom is 0.162 e. The molecule has 0 radical (unpaired) electrons. The fourth-order valence-corrected chi connectivity index (χ4v) is 2.52. The van der Waals surface area contributed by atoms with Gasteiger partial charge in [0.25, 0.3) is 0 Å².